The van der Waals surface area contributed by atoms with Gasteiger partial charge in [-0.15, -0.1) is 11.3 Å². The van der Waals surface area contributed by atoms with Gasteiger partial charge in [-0.3, -0.25) is 4.79 Å². The monoisotopic (exact) mass is 367 g/mol. The van der Waals surface area contributed by atoms with Crippen molar-refractivity contribution in [1.82, 2.24) is 10.3 Å². The average molecular weight is 367 g/mol. The van der Waals surface area contributed by atoms with E-state index in [-0.39, 0.29) is 23.2 Å². The first-order valence-corrected chi connectivity index (χ1v) is 9.86. The van der Waals surface area contributed by atoms with E-state index in [0.29, 0.717) is 26.2 Å². The number of carbonyl (C=O) groups excluding carboxylic acids is 1. The number of nitrogens with zero attached hydrogens (tertiary/aromatic N) is 2. The number of hydrogen-bond donors (Lipinski definition) is 1. The molecule has 2 atom stereocenters. The molecule has 1 amide bonds. The van der Waals surface area contributed by atoms with Crippen molar-refractivity contribution in [2.75, 3.05) is 19.8 Å². The van der Waals surface area contributed by atoms with Gasteiger partial charge >= 0.3 is 0 Å². The second kappa shape index (κ2) is 7.18. The zero-order valence-electron chi connectivity index (χ0n) is 14.5. The molecule has 0 spiro atoms. The van der Waals surface area contributed by atoms with Crippen molar-refractivity contribution >= 4 is 17.2 Å². The molecule has 2 heterocycles. The Bertz CT molecular complexity index is 821. The van der Waals surface area contributed by atoms with Gasteiger partial charge in [-0.05, 0) is 19.3 Å². The summed E-state index contributed by atoms with van der Waals surface area (Å²) in [5, 5.41) is 15.2. The lowest BCUT2D eigenvalue weighted by molar-refractivity contribution is -0.123. The Morgan fingerprint density at radius 3 is 2.81 bits per heavy atom. The van der Waals surface area contributed by atoms with Crippen molar-refractivity contribution in [3.63, 3.8) is 0 Å². The smallest absolute Gasteiger partial charge is 0.224 e. The van der Waals surface area contributed by atoms with Gasteiger partial charge in [0.25, 0.3) is 0 Å². The van der Waals surface area contributed by atoms with Gasteiger partial charge in [0.1, 0.15) is 5.01 Å². The molecule has 0 radical (unpaired) electrons. The summed E-state index contributed by atoms with van der Waals surface area (Å²) in [5.41, 5.74) is 1.91. The second-order valence-electron chi connectivity index (χ2n) is 7.09. The molecule has 2 aliphatic rings. The van der Waals surface area contributed by atoms with Crippen molar-refractivity contribution < 1.29 is 9.53 Å². The summed E-state index contributed by atoms with van der Waals surface area (Å²) in [6.07, 6.45) is 2.39. The molecule has 1 saturated carbocycles. The number of nitriles is 1. The molecule has 1 N–H and O–H groups in total. The van der Waals surface area contributed by atoms with Gasteiger partial charge in [0.15, 0.2) is 0 Å². The van der Waals surface area contributed by atoms with E-state index in [1.54, 1.807) is 11.3 Å². The van der Waals surface area contributed by atoms with Crippen LogP contribution in [0.15, 0.2) is 35.7 Å². The first-order valence-electron chi connectivity index (χ1n) is 8.98. The van der Waals surface area contributed by atoms with E-state index in [0.717, 1.165) is 29.1 Å². The summed E-state index contributed by atoms with van der Waals surface area (Å²) in [7, 11) is 0. The molecule has 2 unspecified atom stereocenters. The normalized spacial score (nSPS) is 23.8. The summed E-state index contributed by atoms with van der Waals surface area (Å²) in [4.78, 5) is 17.2. The summed E-state index contributed by atoms with van der Waals surface area (Å²) in [6, 6.07) is 12.3. The zero-order chi connectivity index (χ0) is 18.0. The van der Waals surface area contributed by atoms with Crippen LogP contribution in [0.5, 0.6) is 0 Å². The van der Waals surface area contributed by atoms with E-state index in [4.69, 9.17) is 15.0 Å². The first kappa shape index (κ1) is 17.2. The van der Waals surface area contributed by atoms with Crippen LogP contribution in [0.25, 0.3) is 11.3 Å². The molecule has 2 aromatic rings. The number of benzene rings is 1. The first-order chi connectivity index (χ1) is 12.7. The number of rotatable bonds is 5. The number of amides is 1. The lowest BCUT2D eigenvalue weighted by Crippen LogP contribution is -2.45. The number of ether oxygens (including phenoxy) is 1. The van der Waals surface area contributed by atoms with E-state index < -0.39 is 0 Å². The molecule has 134 valence electrons. The number of carbonyl (C=O) groups is 1. The highest BCUT2D eigenvalue weighted by molar-refractivity contribution is 7.10. The number of nitrogens with one attached hydrogen (secondary N) is 1. The third-order valence-electron chi connectivity index (χ3n) is 5.37. The maximum atomic E-state index is 12.3. The van der Waals surface area contributed by atoms with Gasteiger partial charge in [-0.1, -0.05) is 30.3 Å². The van der Waals surface area contributed by atoms with Crippen LogP contribution in [0, 0.1) is 23.2 Å². The molecular formula is C20H21N3O2S. The zero-order valence-corrected chi connectivity index (χ0v) is 15.3. The van der Waals surface area contributed by atoms with Crippen LogP contribution in [0.1, 0.15) is 24.3 Å². The fourth-order valence-electron chi connectivity index (χ4n) is 3.50. The molecule has 26 heavy (non-hydrogen) atoms. The Morgan fingerprint density at radius 1 is 1.35 bits per heavy atom. The maximum absolute atomic E-state index is 12.3. The van der Waals surface area contributed by atoms with E-state index >= 15 is 0 Å². The Balaban J connectivity index is 1.52. The van der Waals surface area contributed by atoms with Gasteiger partial charge in [0.05, 0.1) is 23.6 Å². The lowest BCUT2D eigenvalue weighted by atomic mass is 9.80. The predicted octanol–water partition coefficient (Wildman–Crippen LogP) is 3.13. The van der Waals surface area contributed by atoms with Crippen LogP contribution in [0.3, 0.4) is 0 Å². The maximum Gasteiger partial charge on any atom is 0.224 e. The van der Waals surface area contributed by atoms with Crippen LogP contribution >= 0.6 is 11.3 Å². The molecule has 1 aromatic heterocycles. The Morgan fingerprint density at radius 2 is 2.12 bits per heavy atom. The van der Waals surface area contributed by atoms with Crippen LogP contribution in [0.2, 0.25) is 0 Å². The molecule has 1 aromatic carbocycles. The van der Waals surface area contributed by atoms with Gasteiger partial charge in [-0.25, -0.2) is 4.98 Å². The number of aromatic nitrogens is 1. The van der Waals surface area contributed by atoms with E-state index in [9.17, 15) is 4.79 Å². The van der Waals surface area contributed by atoms with Gasteiger partial charge in [0, 0.05) is 36.1 Å². The Kier molecular flexibility index (Phi) is 4.75. The van der Waals surface area contributed by atoms with Gasteiger partial charge < -0.3 is 10.1 Å². The number of hydrogen-bond acceptors (Lipinski definition) is 5. The van der Waals surface area contributed by atoms with E-state index in [1.807, 2.05) is 18.2 Å². The molecule has 6 heteroatoms. The standard InChI is InChI=1S/C20H21N3O2S/c21-11-15-10-16(15)18(24)22-13-20(6-8-25-9-7-20)19-23-17(12-26-19)14-4-2-1-3-5-14/h1-5,12,15-16H,6-10,13H2,(H,22,24). The third-order valence-corrected chi connectivity index (χ3v) is 6.46. The summed E-state index contributed by atoms with van der Waals surface area (Å²) >= 11 is 1.66. The molecule has 0 bridgehead atoms. The highest BCUT2D eigenvalue weighted by Crippen LogP contribution is 2.40. The highest BCUT2D eigenvalue weighted by atomic mass is 32.1. The average Bonchev–Trinajstić information content (AvgIpc) is 3.33. The minimum Gasteiger partial charge on any atom is -0.381 e. The summed E-state index contributed by atoms with van der Waals surface area (Å²) in [5.74, 6) is -0.236. The number of thiazole rings is 1. The van der Waals surface area contributed by atoms with Gasteiger partial charge in [0.2, 0.25) is 5.91 Å². The summed E-state index contributed by atoms with van der Waals surface area (Å²) < 4.78 is 5.56. The van der Waals surface area contributed by atoms with Crippen LogP contribution in [-0.2, 0) is 14.9 Å². The molecule has 5 nitrogen and oxygen atoms in total. The Hall–Kier alpha value is -2.23. The van der Waals surface area contributed by atoms with Crippen LogP contribution in [-0.4, -0.2) is 30.6 Å². The summed E-state index contributed by atoms with van der Waals surface area (Å²) in [6.45, 7) is 1.92. The quantitative estimate of drug-likeness (QED) is 0.881. The third kappa shape index (κ3) is 3.37. The minimum absolute atomic E-state index is 0.00209. The van der Waals surface area contributed by atoms with Crippen molar-refractivity contribution in [1.29, 1.82) is 5.26 Å². The van der Waals surface area contributed by atoms with Gasteiger partial charge in [-0.2, -0.15) is 5.26 Å². The van der Waals surface area contributed by atoms with E-state index in [2.05, 4.69) is 28.9 Å². The lowest BCUT2D eigenvalue weighted by Gasteiger charge is -2.35. The molecule has 1 aliphatic heterocycles. The second-order valence-corrected chi connectivity index (χ2v) is 7.95. The fraction of sp³-hybridized carbons (Fsp3) is 0.450. The predicted molar refractivity (Wildman–Crippen MR) is 99.5 cm³/mol. The molecule has 4 rings (SSSR count). The largest absolute Gasteiger partial charge is 0.381 e. The minimum atomic E-state index is -0.178. The molecule has 1 saturated heterocycles. The van der Waals surface area contributed by atoms with Crippen molar-refractivity contribution in [2.24, 2.45) is 11.8 Å². The van der Waals surface area contributed by atoms with E-state index in [1.165, 1.54) is 0 Å². The van der Waals surface area contributed by atoms with Crippen molar-refractivity contribution in [3.8, 4) is 17.3 Å². The topological polar surface area (TPSA) is 75.0 Å². The van der Waals surface area contributed by atoms with Crippen molar-refractivity contribution in [2.45, 2.75) is 24.7 Å². The van der Waals surface area contributed by atoms with Crippen LogP contribution in [0.4, 0.5) is 0 Å². The highest BCUT2D eigenvalue weighted by Gasteiger charge is 2.45. The Labute approximate surface area is 157 Å². The molecule has 1 aliphatic carbocycles. The van der Waals surface area contributed by atoms with Crippen molar-refractivity contribution in [3.05, 3.63) is 40.7 Å². The molecular weight excluding hydrogens is 346 g/mol. The fourth-order valence-corrected chi connectivity index (χ4v) is 4.59. The van der Waals surface area contributed by atoms with Crippen LogP contribution < -0.4 is 5.32 Å². The molecule has 2 fully saturated rings. The SMILES string of the molecule is N#CC1CC1C(=O)NCC1(c2nc(-c3ccccc3)cs2)CCOCC1.